The van der Waals surface area contributed by atoms with Crippen molar-refractivity contribution in [1.82, 2.24) is 4.90 Å². The van der Waals surface area contributed by atoms with Crippen molar-refractivity contribution >= 4 is 17.5 Å². The van der Waals surface area contributed by atoms with Crippen LogP contribution in [0.25, 0.3) is 0 Å². The summed E-state index contributed by atoms with van der Waals surface area (Å²) < 4.78 is 0. The molecule has 0 aliphatic rings. The number of aryl methyl sites for hydroxylation is 2. The van der Waals surface area contributed by atoms with Crippen molar-refractivity contribution in [3.63, 3.8) is 0 Å². The Hall–Kier alpha value is -2.62. The zero-order valence-electron chi connectivity index (χ0n) is 15.4. The van der Waals surface area contributed by atoms with Gasteiger partial charge in [0.15, 0.2) is 0 Å². The number of amides is 2. The average Bonchev–Trinajstić information content (AvgIpc) is 2.52. The maximum atomic E-state index is 12.6. The van der Waals surface area contributed by atoms with Crippen molar-refractivity contribution in [3.05, 3.63) is 65.2 Å². The number of hydrogen-bond acceptors (Lipinski definition) is 2. The third-order valence-electron chi connectivity index (χ3n) is 3.96. The third kappa shape index (κ3) is 5.75. The van der Waals surface area contributed by atoms with Gasteiger partial charge in [0.1, 0.15) is 6.42 Å². The van der Waals surface area contributed by atoms with Crippen LogP contribution in [0.2, 0.25) is 0 Å². The summed E-state index contributed by atoms with van der Waals surface area (Å²) in [7, 11) is 0. The van der Waals surface area contributed by atoms with Gasteiger partial charge in [-0.05, 0) is 56.5 Å². The molecule has 0 radical (unpaired) electrons. The molecule has 0 fully saturated rings. The van der Waals surface area contributed by atoms with E-state index in [0.29, 0.717) is 6.54 Å². The van der Waals surface area contributed by atoms with Crippen LogP contribution < -0.4 is 5.32 Å². The Bertz CT molecular complexity index is 719. The molecule has 4 nitrogen and oxygen atoms in total. The van der Waals surface area contributed by atoms with E-state index < -0.39 is 0 Å². The van der Waals surface area contributed by atoms with E-state index in [9.17, 15) is 9.59 Å². The van der Waals surface area contributed by atoms with Gasteiger partial charge >= 0.3 is 0 Å². The van der Waals surface area contributed by atoms with Gasteiger partial charge in [-0.15, -0.1) is 0 Å². The number of nitrogens with one attached hydrogen (secondary N) is 1. The molecule has 0 aliphatic heterocycles. The first-order valence-electron chi connectivity index (χ1n) is 8.56. The summed E-state index contributed by atoms with van der Waals surface area (Å²) in [6, 6.07) is 15.7. The quantitative estimate of drug-likeness (QED) is 0.807. The minimum Gasteiger partial charge on any atom is -0.336 e. The van der Waals surface area contributed by atoms with Crippen LogP contribution in [0.3, 0.4) is 0 Å². The van der Waals surface area contributed by atoms with E-state index in [1.807, 2.05) is 76.2 Å². The molecule has 2 amide bonds. The Kier molecular flexibility index (Phi) is 6.34. The van der Waals surface area contributed by atoms with Gasteiger partial charge in [0, 0.05) is 18.3 Å². The predicted octanol–water partition coefficient (Wildman–Crippen LogP) is 4.07. The first-order valence-corrected chi connectivity index (χ1v) is 8.56. The molecule has 0 unspecified atom stereocenters. The molecule has 132 valence electrons. The number of carbonyl (C=O) groups excluding carboxylic acids is 2. The molecule has 0 heterocycles. The van der Waals surface area contributed by atoms with E-state index in [1.54, 1.807) is 4.90 Å². The number of nitrogens with zero attached hydrogens (tertiary/aromatic N) is 1. The van der Waals surface area contributed by atoms with Gasteiger partial charge in [-0.3, -0.25) is 9.59 Å². The highest BCUT2D eigenvalue weighted by molar-refractivity contribution is 6.03. The summed E-state index contributed by atoms with van der Waals surface area (Å²) in [5.74, 6) is -0.450. The molecular weight excluding hydrogens is 312 g/mol. The van der Waals surface area contributed by atoms with Crippen LogP contribution in [-0.2, 0) is 16.1 Å². The Morgan fingerprint density at radius 1 is 1.00 bits per heavy atom. The molecule has 4 heteroatoms. The van der Waals surface area contributed by atoms with Gasteiger partial charge in [0.25, 0.3) is 0 Å². The molecule has 0 saturated carbocycles. The fourth-order valence-corrected chi connectivity index (χ4v) is 2.83. The van der Waals surface area contributed by atoms with Crippen LogP contribution in [0.1, 0.15) is 37.0 Å². The molecule has 2 aromatic rings. The van der Waals surface area contributed by atoms with Crippen molar-refractivity contribution in [1.29, 1.82) is 0 Å². The van der Waals surface area contributed by atoms with Crippen LogP contribution in [0.15, 0.2) is 48.5 Å². The smallest absolute Gasteiger partial charge is 0.233 e. The number of benzene rings is 2. The Balaban J connectivity index is 2.01. The van der Waals surface area contributed by atoms with Crippen molar-refractivity contribution in [3.8, 4) is 0 Å². The molecule has 0 atom stereocenters. The number of hydrogen-bond donors (Lipinski definition) is 1. The molecule has 0 spiro atoms. The number of rotatable bonds is 6. The zero-order chi connectivity index (χ0) is 18.4. The summed E-state index contributed by atoms with van der Waals surface area (Å²) in [5.41, 5.74) is 3.94. The fraction of sp³-hybridized carbons (Fsp3) is 0.333. The standard InChI is InChI=1S/C21H26N2O2/c1-15(2)23(14-18-8-6-5-7-9-18)21(25)13-20(24)22-19-11-16(3)10-17(4)12-19/h5-12,15H,13-14H2,1-4H3,(H,22,24). The largest absolute Gasteiger partial charge is 0.336 e. The van der Waals surface area contributed by atoms with Crippen molar-refractivity contribution in [2.75, 3.05) is 5.32 Å². The van der Waals surface area contributed by atoms with Gasteiger partial charge < -0.3 is 10.2 Å². The van der Waals surface area contributed by atoms with E-state index in [0.717, 1.165) is 22.4 Å². The topological polar surface area (TPSA) is 49.4 Å². The monoisotopic (exact) mass is 338 g/mol. The zero-order valence-corrected chi connectivity index (χ0v) is 15.4. The molecule has 1 N–H and O–H groups in total. The molecule has 0 aromatic heterocycles. The van der Waals surface area contributed by atoms with Crippen molar-refractivity contribution in [2.45, 2.75) is 46.7 Å². The summed E-state index contributed by atoms with van der Waals surface area (Å²) in [4.78, 5) is 26.6. The average molecular weight is 338 g/mol. The fourth-order valence-electron chi connectivity index (χ4n) is 2.83. The van der Waals surface area contributed by atoms with Crippen LogP contribution in [0, 0.1) is 13.8 Å². The lowest BCUT2D eigenvalue weighted by molar-refractivity contribution is -0.136. The van der Waals surface area contributed by atoms with E-state index in [1.165, 1.54) is 0 Å². The summed E-state index contributed by atoms with van der Waals surface area (Å²) in [5, 5.41) is 2.83. The Morgan fingerprint density at radius 2 is 1.60 bits per heavy atom. The van der Waals surface area contributed by atoms with Crippen LogP contribution in [0.4, 0.5) is 5.69 Å². The maximum Gasteiger partial charge on any atom is 0.233 e. The van der Waals surface area contributed by atoms with E-state index in [-0.39, 0.29) is 24.3 Å². The first kappa shape index (κ1) is 18.7. The second kappa shape index (κ2) is 8.47. The lowest BCUT2D eigenvalue weighted by Gasteiger charge is -2.27. The third-order valence-corrected chi connectivity index (χ3v) is 3.96. The number of carbonyl (C=O) groups is 2. The first-order chi connectivity index (χ1) is 11.8. The molecule has 2 aromatic carbocycles. The van der Waals surface area contributed by atoms with Crippen molar-refractivity contribution in [2.24, 2.45) is 0 Å². The normalized spacial score (nSPS) is 10.6. The maximum absolute atomic E-state index is 12.6. The highest BCUT2D eigenvalue weighted by atomic mass is 16.2. The molecule has 2 rings (SSSR count). The molecule has 25 heavy (non-hydrogen) atoms. The van der Waals surface area contributed by atoms with Gasteiger partial charge in [-0.2, -0.15) is 0 Å². The van der Waals surface area contributed by atoms with Gasteiger partial charge in [0.05, 0.1) is 0 Å². The molecule has 0 bridgehead atoms. The SMILES string of the molecule is Cc1cc(C)cc(NC(=O)CC(=O)N(Cc2ccccc2)C(C)C)c1. The van der Waals surface area contributed by atoms with E-state index >= 15 is 0 Å². The molecule has 0 saturated heterocycles. The van der Waals surface area contributed by atoms with Crippen LogP contribution in [-0.4, -0.2) is 22.8 Å². The second-order valence-electron chi connectivity index (χ2n) is 6.70. The highest BCUT2D eigenvalue weighted by Crippen LogP contribution is 2.15. The Morgan fingerprint density at radius 3 is 2.16 bits per heavy atom. The predicted molar refractivity (Wildman–Crippen MR) is 101 cm³/mol. The molecular formula is C21H26N2O2. The lowest BCUT2D eigenvalue weighted by atomic mass is 10.1. The minimum atomic E-state index is -0.284. The summed E-state index contributed by atoms with van der Waals surface area (Å²) >= 11 is 0. The lowest BCUT2D eigenvalue weighted by Crippen LogP contribution is -2.38. The summed E-state index contributed by atoms with van der Waals surface area (Å²) in [6.07, 6.45) is -0.155. The van der Waals surface area contributed by atoms with Gasteiger partial charge in [-0.1, -0.05) is 36.4 Å². The minimum absolute atomic E-state index is 0.0294. The van der Waals surface area contributed by atoms with E-state index in [4.69, 9.17) is 0 Å². The van der Waals surface area contributed by atoms with E-state index in [2.05, 4.69) is 5.32 Å². The van der Waals surface area contributed by atoms with Crippen LogP contribution >= 0.6 is 0 Å². The Labute approximate surface area is 149 Å². The highest BCUT2D eigenvalue weighted by Gasteiger charge is 2.20. The molecule has 0 aliphatic carbocycles. The van der Waals surface area contributed by atoms with Crippen LogP contribution in [0.5, 0.6) is 0 Å². The van der Waals surface area contributed by atoms with Crippen molar-refractivity contribution < 1.29 is 9.59 Å². The van der Waals surface area contributed by atoms with Gasteiger partial charge in [-0.25, -0.2) is 0 Å². The number of anilines is 1. The van der Waals surface area contributed by atoms with Gasteiger partial charge in [0.2, 0.25) is 11.8 Å². The second-order valence-corrected chi connectivity index (χ2v) is 6.70. The summed E-state index contributed by atoms with van der Waals surface area (Å²) in [6.45, 7) is 8.39.